The van der Waals surface area contributed by atoms with Crippen molar-refractivity contribution >= 4 is 6.03 Å². The van der Waals surface area contributed by atoms with Crippen molar-refractivity contribution in [2.75, 3.05) is 19.9 Å². The van der Waals surface area contributed by atoms with Crippen LogP contribution in [0.4, 0.5) is 4.79 Å². The minimum atomic E-state index is -0.00100. The van der Waals surface area contributed by atoms with E-state index < -0.39 is 0 Å². The molecule has 0 aromatic heterocycles. The number of hydrogen-bond acceptors (Lipinski definition) is 4. The van der Waals surface area contributed by atoms with Gasteiger partial charge in [-0.25, -0.2) is 4.79 Å². The first-order chi connectivity index (χ1) is 12.3. The van der Waals surface area contributed by atoms with Crippen LogP contribution in [0.15, 0.2) is 18.2 Å². The molecule has 2 fully saturated rings. The van der Waals surface area contributed by atoms with Crippen LogP contribution in [0.2, 0.25) is 0 Å². The van der Waals surface area contributed by atoms with Crippen molar-refractivity contribution in [2.45, 2.75) is 57.2 Å². The van der Waals surface area contributed by atoms with E-state index in [1.807, 2.05) is 23.1 Å². The Morgan fingerprint density at radius 1 is 1.16 bits per heavy atom. The lowest BCUT2D eigenvalue weighted by molar-refractivity contribution is 0.0698. The highest BCUT2D eigenvalue weighted by atomic mass is 16.7. The van der Waals surface area contributed by atoms with Crippen molar-refractivity contribution in [3.63, 3.8) is 0 Å². The van der Waals surface area contributed by atoms with Crippen molar-refractivity contribution in [1.29, 1.82) is 0 Å². The van der Waals surface area contributed by atoms with Crippen molar-refractivity contribution in [2.24, 2.45) is 0 Å². The molecule has 25 heavy (non-hydrogen) atoms. The summed E-state index contributed by atoms with van der Waals surface area (Å²) in [7, 11) is 0. The van der Waals surface area contributed by atoms with Crippen LogP contribution in [0.5, 0.6) is 11.5 Å². The Balaban J connectivity index is 1.40. The molecular weight excluding hydrogens is 320 g/mol. The fourth-order valence-electron chi connectivity index (χ4n) is 4.02. The Hall–Kier alpha value is -1.95. The maximum Gasteiger partial charge on any atom is 0.318 e. The van der Waals surface area contributed by atoms with Crippen molar-refractivity contribution in [3.05, 3.63) is 23.8 Å². The lowest BCUT2D eigenvalue weighted by Crippen LogP contribution is -2.48. The molecule has 2 amide bonds. The predicted octanol–water partition coefficient (Wildman–Crippen LogP) is 3.05. The zero-order chi connectivity index (χ0) is 17.1. The van der Waals surface area contributed by atoms with E-state index in [4.69, 9.17) is 14.2 Å². The molecule has 1 saturated carbocycles. The first-order valence-corrected chi connectivity index (χ1v) is 9.35. The highest BCUT2D eigenvalue weighted by Crippen LogP contribution is 2.35. The molecule has 1 aromatic rings. The molecule has 2 aliphatic heterocycles. The average molecular weight is 346 g/mol. The first kappa shape index (κ1) is 16.5. The largest absolute Gasteiger partial charge is 0.454 e. The molecule has 6 heteroatoms. The van der Waals surface area contributed by atoms with Crippen LogP contribution >= 0.6 is 0 Å². The second-order valence-corrected chi connectivity index (χ2v) is 7.04. The van der Waals surface area contributed by atoms with Gasteiger partial charge in [0.05, 0.1) is 6.10 Å². The number of urea groups is 1. The van der Waals surface area contributed by atoms with Gasteiger partial charge in [0, 0.05) is 31.3 Å². The van der Waals surface area contributed by atoms with E-state index in [1.54, 1.807) is 0 Å². The molecule has 1 saturated heterocycles. The number of nitrogens with one attached hydrogen (secondary N) is 1. The summed E-state index contributed by atoms with van der Waals surface area (Å²) in [6, 6.07) is 6.11. The fraction of sp³-hybridized carbons (Fsp3) is 0.632. The Morgan fingerprint density at radius 2 is 2.04 bits per heavy atom. The second-order valence-electron chi connectivity index (χ2n) is 7.04. The van der Waals surface area contributed by atoms with Gasteiger partial charge in [0.25, 0.3) is 0 Å². The van der Waals surface area contributed by atoms with Gasteiger partial charge in [-0.2, -0.15) is 0 Å². The van der Waals surface area contributed by atoms with E-state index in [0.29, 0.717) is 19.1 Å². The topological polar surface area (TPSA) is 60.0 Å². The summed E-state index contributed by atoms with van der Waals surface area (Å²) in [6.07, 6.45) is 6.93. The van der Waals surface area contributed by atoms with Gasteiger partial charge in [-0.3, -0.25) is 0 Å². The van der Waals surface area contributed by atoms with Gasteiger partial charge >= 0.3 is 6.03 Å². The van der Waals surface area contributed by atoms with Crippen LogP contribution in [0.3, 0.4) is 0 Å². The van der Waals surface area contributed by atoms with E-state index >= 15 is 0 Å². The summed E-state index contributed by atoms with van der Waals surface area (Å²) < 4.78 is 16.7. The van der Waals surface area contributed by atoms with Gasteiger partial charge in [-0.1, -0.05) is 25.0 Å². The molecule has 136 valence electrons. The summed E-state index contributed by atoms with van der Waals surface area (Å²) >= 11 is 0. The van der Waals surface area contributed by atoms with Gasteiger partial charge in [0.1, 0.15) is 0 Å². The van der Waals surface area contributed by atoms with Gasteiger partial charge in [-0.05, 0) is 31.7 Å². The molecule has 4 rings (SSSR count). The molecule has 0 radical (unpaired) electrons. The van der Waals surface area contributed by atoms with Gasteiger partial charge in [0.15, 0.2) is 11.5 Å². The summed E-state index contributed by atoms with van der Waals surface area (Å²) in [5.74, 6) is 1.49. The highest BCUT2D eigenvalue weighted by Gasteiger charge is 2.30. The zero-order valence-corrected chi connectivity index (χ0v) is 14.5. The van der Waals surface area contributed by atoms with Gasteiger partial charge in [0.2, 0.25) is 6.79 Å². The Bertz CT molecular complexity index is 609. The molecule has 3 aliphatic rings. The quantitative estimate of drug-likeness (QED) is 0.890. The number of carbonyl (C=O) groups excluding carboxylic acids is 1. The Kier molecular flexibility index (Phi) is 4.97. The number of rotatable bonds is 5. The number of para-hydroxylation sites is 1. The third kappa shape index (κ3) is 3.68. The molecule has 1 aromatic carbocycles. The van der Waals surface area contributed by atoms with E-state index in [9.17, 15) is 4.79 Å². The van der Waals surface area contributed by atoms with Gasteiger partial charge in [-0.15, -0.1) is 0 Å². The number of ether oxygens (including phenoxy) is 3. The second kappa shape index (κ2) is 7.52. The van der Waals surface area contributed by atoms with Crippen LogP contribution in [-0.4, -0.2) is 43.0 Å². The molecule has 1 atom stereocenters. The number of amides is 2. The first-order valence-electron chi connectivity index (χ1n) is 9.35. The van der Waals surface area contributed by atoms with E-state index in [1.165, 1.54) is 12.8 Å². The number of carbonyl (C=O) groups is 1. The monoisotopic (exact) mass is 346 g/mol. The summed E-state index contributed by atoms with van der Waals surface area (Å²) in [6.45, 7) is 2.20. The lowest BCUT2D eigenvalue weighted by Gasteiger charge is -2.31. The summed E-state index contributed by atoms with van der Waals surface area (Å²) in [5, 5.41) is 3.08. The molecule has 1 aliphatic carbocycles. The van der Waals surface area contributed by atoms with E-state index in [2.05, 4.69) is 5.32 Å². The Labute approximate surface area is 148 Å². The standard InChI is InChI=1S/C19H26N2O4/c22-19(20-11-14-5-3-9-17-18(14)25-13-24-17)21(15-6-1-2-7-15)12-16-8-4-10-23-16/h3,5,9,15-16H,1-2,4,6-8,10-13H2,(H,20,22). The van der Waals surface area contributed by atoms with Crippen LogP contribution in [-0.2, 0) is 11.3 Å². The summed E-state index contributed by atoms with van der Waals surface area (Å²) in [4.78, 5) is 14.9. The molecule has 2 heterocycles. The maximum absolute atomic E-state index is 12.9. The highest BCUT2D eigenvalue weighted by molar-refractivity contribution is 5.74. The smallest absolute Gasteiger partial charge is 0.318 e. The number of fused-ring (bicyclic) bond motifs is 1. The molecule has 0 bridgehead atoms. The third-order valence-corrected chi connectivity index (χ3v) is 5.36. The average Bonchev–Trinajstić information content (AvgIpc) is 3.39. The molecule has 1 N–H and O–H groups in total. The third-order valence-electron chi connectivity index (χ3n) is 5.36. The van der Waals surface area contributed by atoms with Crippen molar-refractivity contribution < 1.29 is 19.0 Å². The molecule has 1 unspecified atom stereocenters. The number of nitrogens with zero attached hydrogens (tertiary/aromatic N) is 1. The van der Waals surface area contributed by atoms with E-state index in [0.717, 1.165) is 49.4 Å². The lowest BCUT2D eigenvalue weighted by atomic mass is 10.1. The minimum absolute atomic E-state index is 0.00100. The van der Waals surface area contributed by atoms with Crippen LogP contribution in [0, 0.1) is 0 Å². The molecular formula is C19H26N2O4. The SMILES string of the molecule is O=C(NCc1cccc2c1OCO2)N(CC1CCCO1)C1CCCC1. The van der Waals surface area contributed by atoms with E-state index in [-0.39, 0.29) is 18.9 Å². The van der Waals surface area contributed by atoms with Crippen molar-refractivity contribution in [3.8, 4) is 11.5 Å². The van der Waals surface area contributed by atoms with Crippen LogP contribution in [0.1, 0.15) is 44.1 Å². The number of benzene rings is 1. The van der Waals surface area contributed by atoms with Crippen LogP contribution < -0.4 is 14.8 Å². The number of hydrogen-bond donors (Lipinski definition) is 1. The fourth-order valence-corrected chi connectivity index (χ4v) is 4.02. The normalized spacial score (nSPS) is 22.3. The maximum atomic E-state index is 12.9. The summed E-state index contributed by atoms with van der Waals surface area (Å²) in [5.41, 5.74) is 0.951. The molecule has 0 spiro atoms. The minimum Gasteiger partial charge on any atom is -0.454 e. The van der Waals surface area contributed by atoms with Gasteiger partial charge < -0.3 is 24.4 Å². The van der Waals surface area contributed by atoms with Crippen LogP contribution in [0.25, 0.3) is 0 Å². The zero-order valence-electron chi connectivity index (χ0n) is 14.5. The Morgan fingerprint density at radius 3 is 2.84 bits per heavy atom. The molecule has 6 nitrogen and oxygen atoms in total. The predicted molar refractivity (Wildman–Crippen MR) is 92.7 cm³/mol. The van der Waals surface area contributed by atoms with Crippen molar-refractivity contribution in [1.82, 2.24) is 10.2 Å².